The minimum absolute atomic E-state index is 0.0102. The van der Waals surface area contributed by atoms with Gasteiger partial charge in [-0.05, 0) is 24.6 Å². The van der Waals surface area contributed by atoms with Crippen molar-refractivity contribution >= 4 is 29.0 Å². The molecule has 1 aliphatic heterocycles. The summed E-state index contributed by atoms with van der Waals surface area (Å²) in [6.45, 7) is 3.68. The van der Waals surface area contributed by atoms with Crippen LogP contribution in [-0.4, -0.2) is 18.9 Å². The molecule has 1 heterocycles. The van der Waals surface area contributed by atoms with Crippen molar-refractivity contribution in [2.45, 2.75) is 6.92 Å². The highest BCUT2D eigenvalue weighted by molar-refractivity contribution is 6.44. The van der Waals surface area contributed by atoms with Gasteiger partial charge in [0.2, 0.25) is 0 Å². The van der Waals surface area contributed by atoms with E-state index in [2.05, 4.69) is 12.2 Å². The lowest BCUT2D eigenvalue weighted by Gasteiger charge is -2.14. The Morgan fingerprint density at radius 2 is 2.12 bits per heavy atom. The van der Waals surface area contributed by atoms with Crippen molar-refractivity contribution in [2.24, 2.45) is 11.8 Å². The number of halogens is 2. The Labute approximate surface area is 105 Å². The summed E-state index contributed by atoms with van der Waals surface area (Å²) in [7, 11) is 0. The summed E-state index contributed by atoms with van der Waals surface area (Å²) < 4.78 is 0. The van der Waals surface area contributed by atoms with Crippen LogP contribution in [0.4, 0.5) is 0 Å². The zero-order chi connectivity index (χ0) is 11.7. The number of hydrogen-bond acceptors (Lipinski definition) is 2. The molecule has 0 radical (unpaired) electrons. The van der Waals surface area contributed by atoms with Crippen LogP contribution in [0.15, 0.2) is 18.2 Å². The molecule has 16 heavy (non-hydrogen) atoms. The molecule has 0 aromatic heterocycles. The highest BCUT2D eigenvalue weighted by atomic mass is 35.5. The molecule has 1 saturated heterocycles. The molecule has 1 aromatic rings. The van der Waals surface area contributed by atoms with E-state index in [0.717, 1.165) is 13.1 Å². The zero-order valence-electron chi connectivity index (χ0n) is 8.97. The molecule has 4 heteroatoms. The van der Waals surface area contributed by atoms with Gasteiger partial charge in [0.15, 0.2) is 5.78 Å². The third-order valence-electron chi connectivity index (χ3n) is 3.07. The van der Waals surface area contributed by atoms with Gasteiger partial charge in [0.25, 0.3) is 0 Å². The summed E-state index contributed by atoms with van der Waals surface area (Å²) in [6, 6.07) is 5.19. The monoisotopic (exact) mass is 257 g/mol. The molecule has 0 aliphatic carbocycles. The Hall–Kier alpha value is -0.570. The lowest BCUT2D eigenvalue weighted by molar-refractivity contribution is 0.0908. The van der Waals surface area contributed by atoms with Gasteiger partial charge < -0.3 is 5.32 Å². The van der Waals surface area contributed by atoms with Crippen LogP contribution in [0.5, 0.6) is 0 Å². The average molecular weight is 258 g/mol. The smallest absolute Gasteiger partial charge is 0.169 e. The van der Waals surface area contributed by atoms with Crippen LogP contribution in [0.2, 0.25) is 10.0 Å². The molecular formula is C12H13Cl2NO. The molecule has 1 N–H and O–H groups in total. The van der Waals surface area contributed by atoms with Gasteiger partial charge in [-0.1, -0.05) is 36.2 Å². The highest BCUT2D eigenvalue weighted by Gasteiger charge is 2.31. The molecule has 2 nitrogen and oxygen atoms in total. The molecule has 0 spiro atoms. The second-order valence-electron chi connectivity index (χ2n) is 4.21. The SMILES string of the molecule is CC1CNCC1C(=O)c1cccc(Cl)c1Cl. The fourth-order valence-corrected chi connectivity index (χ4v) is 2.45. The molecule has 1 aliphatic rings. The first kappa shape index (κ1) is 11.9. The number of nitrogens with one attached hydrogen (secondary N) is 1. The fourth-order valence-electron chi connectivity index (χ4n) is 2.05. The van der Waals surface area contributed by atoms with Gasteiger partial charge in [-0.3, -0.25) is 4.79 Å². The van der Waals surface area contributed by atoms with E-state index < -0.39 is 0 Å². The Morgan fingerprint density at radius 3 is 2.75 bits per heavy atom. The maximum Gasteiger partial charge on any atom is 0.169 e. The number of rotatable bonds is 2. The Kier molecular flexibility index (Phi) is 3.53. The van der Waals surface area contributed by atoms with Crippen molar-refractivity contribution in [1.29, 1.82) is 0 Å². The second-order valence-corrected chi connectivity index (χ2v) is 4.99. The number of carbonyl (C=O) groups excluding carboxylic acids is 1. The van der Waals surface area contributed by atoms with Crippen LogP contribution in [0.3, 0.4) is 0 Å². The molecule has 2 unspecified atom stereocenters. The molecule has 86 valence electrons. The van der Waals surface area contributed by atoms with E-state index >= 15 is 0 Å². The van der Waals surface area contributed by atoms with Gasteiger partial charge >= 0.3 is 0 Å². The summed E-state index contributed by atoms with van der Waals surface area (Å²) in [5.74, 6) is 0.448. The number of Topliss-reactive ketones (excluding diaryl/α,β-unsaturated/α-hetero) is 1. The molecule has 0 amide bonds. The summed E-state index contributed by atoms with van der Waals surface area (Å²) in [5, 5.41) is 4.01. The zero-order valence-corrected chi connectivity index (χ0v) is 10.5. The lowest BCUT2D eigenvalue weighted by Crippen LogP contribution is -2.21. The minimum Gasteiger partial charge on any atom is -0.316 e. The number of ketones is 1. The maximum absolute atomic E-state index is 12.2. The molecule has 0 bridgehead atoms. The van der Waals surface area contributed by atoms with E-state index in [1.54, 1.807) is 18.2 Å². The Balaban J connectivity index is 2.30. The molecule has 1 aromatic carbocycles. The third-order valence-corrected chi connectivity index (χ3v) is 3.89. The third kappa shape index (κ3) is 2.10. The summed E-state index contributed by atoms with van der Waals surface area (Å²) >= 11 is 11.9. The first-order valence-corrected chi connectivity index (χ1v) is 6.05. The first-order valence-electron chi connectivity index (χ1n) is 5.30. The Bertz CT molecular complexity index is 419. The quantitative estimate of drug-likeness (QED) is 0.826. The molecule has 0 saturated carbocycles. The van der Waals surface area contributed by atoms with E-state index in [4.69, 9.17) is 23.2 Å². The van der Waals surface area contributed by atoms with Crippen LogP contribution in [-0.2, 0) is 0 Å². The van der Waals surface area contributed by atoms with Gasteiger partial charge in [0, 0.05) is 18.0 Å². The van der Waals surface area contributed by atoms with Crippen LogP contribution < -0.4 is 5.32 Å². The topological polar surface area (TPSA) is 29.1 Å². The van der Waals surface area contributed by atoms with Gasteiger partial charge in [-0.15, -0.1) is 0 Å². The minimum atomic E-state index is 0.0102. The molecule has 2 rings (SSSR count). The normalized spacial score (nSPS) is 24.7. The van der Waals surface area contributed by atoms with E-state index in [-0.39, 0.29) is 11.7 Å². The van der Waals surface area contributed by atoms with E-state index in [9.17, 15) is 4.79 Å². The van der Waals surface area contributed by atoms with Crippen LogP contribution >= 0.6 is 23.2 Å². The number of carbonyl (C=O) groups is 1. The largest absolute Gasteiger partial charge is 0.316 e. The standard InChI is InChI=1S/C12H13Cl2NO/c1-7-5-15-6-9(7)12(16)8-3-2-4-10(13)11(8)14/h2-4,7,9,15H,5-6H2,1H3. The van der Waals surface area contributed by atoms with Crippen molar-refractivity contribution < 1.29 is 4.79 Å². The number of benzene rings is 1. The molecule has 1 fully saturated rings. The Morgan fingerprint density at radius 1 is 1.38 bits per heavy atom. The predicted octanol–water partition coefficient (Wildman–Crippen LogP) is 3.03. The van der Waals surface area contributed by atoms with Crippen molar-refractivity contribution in [2.75, 3.05) is 13.1 Å². The summed E-state index contributed by atoms with van der Waals surface area (Å²) in [4.78, 5) is 12.2. The van der Waals surface area contributed by atoms with Crippen molar-refractivity contribution in [3.8, 4) is 0 Å². The van der Waals surface area contributed by atoms with Gasteiger partial charge in [-0.25, -0.2) is 0 Å². The second kappa shape index (κ2) is 4.74. The fraction of sp³-hybridized carbons (Fsp3) is 0.417. The van der Waals surface area contributed by atoms with Crippen molar-refractivity contribution in [3.05, 3.63) is 33.8 Å². The highest BCUT2D eigenvalue weighted by Crippen LogP contribution is 2.29. The average Bonchev–Trinajstić information content (AvgIpc) is 2.68. The van der Waals surface area contributed by atoms with Gasteiger partial charge in [0.1, 0.15) is 0 Å². The van der Waals surface area contributed by atoms with E-state index in [1.807, 2.05) is 0 Å². The summed E-state index contributed by atoms with van der Waals surface area (Å²) in [5.41, 5.74) is 0.537. The van der Waals surface area contributed by atoms with E-state index in [0.29, 0.717) is 21.5 Å². The molecule has 2 atom stereocenters. The van der Waals surface area contributed by atoms with Crippen LogP contribution in [0.1, 0.15) is 17.3 Å². The van der Waals surface area contributed by atoms with Crippen LogP contribution in [0.25, 0.3) is 0 Å². The number of hydrogen-bond donors (Lipinski definition) is 1. The van der Waals surface area contributed by atoms with Gasteiger partial charge in [-0.2, -0.15) is 0 Å². The predicted molar refractivity (Wildman–Crippen MR) is 66.3 cm³/mol. The molecular weight excluding hydrogens is 245 g/mol. The van der Waals surface area contributed by atoms with Gasteiger partial charge in [0.05, 0.1) is 10.0 Å². The van der Waals surface area contributed by atoms with Crippen LogP contribution in [0, 0.1) is 11.8 Å². The van der Waals surface area contributed by atoms with Crippen molar-refractivity contribution in [1.82, 2.24) is 5.32 Å². The van der Waals surface area contributed by atoms with E-state index in [1.165, 1.54) is 0 Å². The first-order chi connectivity index (χ1) is 7.61. The summed E-state index contributed by atoms with van der Waals surface area (Å²) in [6.07, 6.45) is 0. The maximum atomic E-state index is 12.2. The van der Waals surface area contributed by atoms with Crippen molar-refractivity contribution in [3.63, 3.8) is 0 Å². The lowest BCUT2D eigenvalue weighted by atomic mass is 9.90.